The first kappa shape index (κ1) is 25.0. The molecule has 1 N–H and O–H groups in total. The van der Waals surface area contributed by atoms with Crippen LogP contribution in [0, 0.1) is 5.92 Å². The molecule has 33 heavy (non-hydrogen) atoms. The summed E-state index contributed by atoms with van der Waals surface area (Å²) in [4.78, 5) is 26.0. The molecule has 2 aromatic rings. The van der Waals surface area contributed by atoms with Gasteiger partial charge in [-0.15, -0.1) is 0 Å². The highest BCUT2D eigenvalue weighted by Gasteiger charge is 2.31. The zero-order valence-electron chi connectivity index (χ0n) is 19.9. The zero-order valence-corrected chi connectivity index (χ0v) is 19.9. The van der Waals surface area contributed by atoms with E-state index in [1.165, 1.54) is 12.7 Å². The van der Waals surface area contributed by atoms with Gasteiger partial charge in [-0.05, 0) is 74.1 Å². The monoisotopic (exact) mass is 451 g/mol. The van der Waals surface area contributed by atoms with E-state index in [-0.39, 0.29) is 29.9 Å². The third-order valence-electron chi connectivity index (χ3n) is 6.89. The Balaban J connectivity index is 1.41. The van der Waals surface area contributed by atoms with Crippen molar-refractivity contribution >= 4 is 11.9 Å². The number of nitrogens with zero attached hydrogens (tertiary/aromatic N) is 1. The molecule has 1 amide bonds. The Kier molecular flexibility index (Phi) is 9.49. The number of hydrogen-bond acceptors (Lipinski definition) is 4. The van der Waals surface area contributed by atoms with Crippen molar-refractivity contribution in [2.75, 3.05) is 13.7 Å². The van der Waals surface area contributed by atoms with Gasteiger partial charge in [-0.2, -0.15) is 0 Å². The first-order valence-electron chi connectivity index (χ1n) is 12.2. The molecule has 0 aromatic heterocycles. The minimum Gasteiger partial charge on any atom is -0.465 e. The molecule has 0 radical (unpaired) electrons. The predicted octanol–water partition coefficient (Wildman–Crippen LogP) is 4.81. The third-order valence-corrected chi connectivity index (χ3v) is 6.89. The molecule has 178 valence electrons. The van der Waals surface area contributed by atoms with Crippen LogP contribution in [0.5, 0.6) is 0 Å². The SMILES string of the molecule is COC(=O)c1ccc(CCN2C(=O)CCC2CC[C@@H](O)[C@@H](C)CCCc2ccccc2)cc1. The highest BCUT2D eigenvalue weighted by Crippen LogP contribution is 2.26. The minimum atomic E-state index is -0.343. The number of benzene rings is 2. The van der Waals surface area contributed by atoms with Crippen LogP contribution in [0.25, 0.3) is 0 Å². The summed E-state index contributed by atoms with van der Waals surface area (Å²) in [5, 5.41) is 10.7. The summed E-state index contributed by atoms with van der Waals surface area (Å²) >= 11 is 0. The van der Waals surface area contributed by atoms with Gasteiger partial charge in [0, 0.05) is 19.0 Å². The molecule has 1 fully saturated rings. The second kappa shape index (κ2) is 12.5. The quantitative estimate of drug-likeness (QED) is 0.471. The van der Waals surface area contributed by atoms with Crippen molar-refractivity contribution in [3.8, 4) is 0 Å². The predicted molar refractivity (Wildman–Crippen MR) is 130 cm³/mol. The van der Waals surface area contributed by atoms with Crippen LogP contribution >= 0.6 is 0 Å². The number of hydrogen-bond donors (Lipinski definition) is 1. The molecule has 1 saturated heterocycles. The lowest BCUT2D eigenvalue weighted by atomic mass is 9.92. The van der Waals surface area contributed by atoms with E-state index >= 15 is 0 Å². The molecular weight excluding hydrogens is 414 g/mol. The fourth-order valence-corrected chi connectivity index (χ4v) is 4.69. The van der Waals surface area contributed by atoms with E-state index in [1.807, 2.05) is 23.1 Å². The van der Waals surface area contributed by atoms with Crippen molar-refractivity contribution in [3.05, 3.63) is 71.3 Å². The first-order chi connectivity index (χ1) is 16.0. The summed E-state index contributed by atoms with van der Waals surface area (Å²) in [5.41, 5.74) is 2.97. The Labute approximate surface area is 197 Å². The van der Waals surface area contributed by atoms with Gasteiger partial charge in [0.1, 0.15) is 0 Å². The van der Waals surface area contributed by atoms with E-state index in [0.29, 0.717) is 18.5 Å². The van der Waals surface area contributed by atoms with Crippen LogP contribution < -0.4 is 0 Å². The molecule has 1 heterocycles. The van der Waals surface area contributed by atoms with Gasteiger partial charge < -0.3 is 14.7 Å². The topological polar surface area (TPSA) is 66.8 Å². The number of methoxy groups -OCH3 is 1. The van der Waals surface area contributed by atoms with Crippen LogP contribution in [0.3, 0.4) is 0 Å². The van der Waals surface area contributed by atoms with Gasteiger partial charge in [0.05, 0.1) is 18.8 Å². The average molecular weight is 452 g/mol. The van der Waals surface area contributed by atoms with Gasteiger partial charge in [-0.25, -0.2) is 4.79 Å². The number of esters is 1. The smallest absolute Gasteiger partial charge is 0.337 e. The molecule has 5 heteroatoms. The number of amides is 1. The lowest BCUT2D eigenvalue weighted by molar-refractivity contribution is -0.129. The van der Waals surface area contributed by atoms with E-state index in [0.717, 1.165) is 50.5 Å². The van der Waals surface area contributed by atoms with Crippen molar-refractivity contribution in [3.63, 3.8) is 0 Å². The maximum Gasteiger partial charge on any atom is 0.337 e. The van der Waals surface area contributed by atoms with Crippen LogP contribution in [0.1, 0.15) is 66.9 Å². The first-order valence-corrected chi connectivity index (χ1v) is 12.2. The summed E-state index contributed by atoms with van der Waals surface area (Å²) < 4.78 is 4.74. The normalized spacial score (nSPS) is 17.7. The van der Waals surface area contributed by atoms with Crippen LogP contribution in [0.4, 0.5) is 0 Å². The van der Waals surface area contributed by atoms with Gasteiger partial charge in [0.25, 0.3) is 0 Å². The largest absolute Gasteiger partial charge is 0.465 e. The molecule has 3 rings (SSSR count). The molecule has 1 aliphatic heterocycles. The van der Waals surface area contributed by atoms with Gasteiger partial charge in [-0.1, -0.05) is 49.4 Å². The molecule has 0 spiro atoms. The number of carbonyl (C=O) groups excluding carboxylic acids is 2. The zero-order chi connectivity index (χ0) is 23.6. The van der Waals surface area contributed by atoms with Crippen LogP contribution in [0.2, 0.25) is 0 Å². The summed E-state index contributed by atoms with van der Waals surface area (Å²) in [6.45, 7) is 2.80. The van der Waals surface area contributed by atoms with Gasteiger partial charge >= 0.3 is 5.97 Å². The fraction of sp³-hybridized carbons (Fsp3) is 0.500. The number of aryl methyl sites for hydroxylation is 1. The lowest BCUT2D eigenvalue weighted by Gasteiger charge is -2.27. The molecule has 2 aromatic carbocycles. The highest BCUT2D eigenvalue weighted by atomic mass is 16.5. The Morgan fingerprint density at radius 2 is 1.76 bits per heavy atom. The second-order valence-electron chi connectivity index (χ2n) is 9.22. The summed E-state index contributed by atoms with van der Waals surface area (Å²) in [7, 11) is 1.37. The van der Waals surface area contributed by atoms with E-state index in [2.05, 4.69) is 31.2 Å². The van der Waals surface area contributed by atoms with Crippen molar-refractivity contribution in [2.45, 2.75) is 70.4 Å². The average Bonchev–Trinajstić information content (AvgIpc) is 3.20. The number of aliphatic hydroxyl groups is 1. The Hall–Kier alpha value is -2.66. The maximum absolute atomic E-state index is 12.4. The standard InChI is InChI=1S/C28H37NO4/c1-21(7-6-10-22-8-4-3-5-9-22)26(30)17-15-25-16-18-27(31)29(25)20-19-23-11-13-24(14-12-23)28(32)33-2/h3-5,8-9,11-14,21,25-26,30H,6-7,10,15-20H2,1-2H3/t21-,25?,26+/m0/s1. The van der Waals surface area contributed by atoms with Crippen molar-refractivity contribution in [2.24, 2.45) is 5.92 Å². The number of likely N-dealkylation sites (tertiary alicyclic amines) is 1. The molecule has 1 unspecified atom stereocenters. The molecular formula is C28H37NO4. The number of carbonyl (C=O) groups is 2. The van der Waals surface area contributed by atoms with Crippen LogP contribution in [0.15, 0.2) is 54.6 Å². The Morgan fingerprint density at radius 1 is 1.06 bits per heavy atom. The molecule has 0 saturated carbocycles. The van der Waals surface area contributed by atoms with Crippen molar-refractivity contribution in [1.29, 1.82) is 0 Å². The lowest BCUT2D eigenvalue weighted by Crippen LogP contribution is -2.35. The van der Waals surface area contributed by atoms with Crippen molar-refractivity contribution < 1.29 is 19.4 Å². The molecule has 3 atom stereocenters. The van der Waals surface area contributed by atoms with E-state index in [1.54, 1.807) is 12.1 Å². The second-order valence-corrected chi connectivity index (χ2v) is 9.22. The number of rotatable bonds is 12. The van der Waals surface area contributed by atoms with Crippen LogP contribution in [-0.2, 0) is 22.4 Å². The van der Waals surface area contributed by atoms with Crippen molar-refractivity contribution in [1.82, 2.24) is 4.90 Å². The van der Waals surface area contributed by atoms with E-state index in [4.69, 9.17) is 4.74 Å². The molecule has 1 aliphatic rings. The molecule has 5 nitrogen and oxygen atoms in total. The number of aliphatic hydroxyl groups excluding tert-OH is 1. The van der Waals surface area contributed by atoms with Gasteiger partial charge in [0.15, 0.2) is 0 Å². The Morgan fingerprint density at radius 3 is 2.45 bits per heavy atom. The summed E-state index contributed by atoms with van der Waals surface area (Å²) in [6, 6.07) is 18.1. The third kappa shape index (κ3) is 7.43. The van der Waals surface area contributed by atoms with Crippen LogP contribution in [-0.4, -0.2) is 47.7 Å². The fourth-order valence-electron chi connectivity index (χ4n) is 4.69. The summed E-state index contributed by atoms with van der Waals surface area (Å²) in [5.74, 6) is 0.119. The highest BCUT2D eigenvalue weighted by molar-refractivity contribution is 5.89. The summed E-state index contributed by atoms with van der Waals surface area (Å²) in [6.07, 6.45) is 6.58. The van der Waals surface area contributed by atoms with Gasteiger partial charge in [-0.3, -0.25) is 4.79 Å². The Bertz CT molecular complexity index is 881. The van der Waals surface area contributed by atoms with E-state index in [9.17, 15) is 14.7 Å². The minimum absolute atomic E-state index is 0.205. The number of ether oxygens (including phenoxy) is 1. The van der Waals surface area contributed by atoms with E-state index < -0.39 is 0 Å². The van der Waals surface area contributed by atoms with Gasteiger partial charge in [0.2, 0.25) is 5.91 Å². The maximum atomic E-state index is 12.4. The molecule has 0 bridgehead atoms. The molecule has 0 aliphatic carbocycles.